The van der Waals surface area contributed by atoms with Crippen molar-refractivity contribution in [2.24, 2.45) is 5.92 Å². The Morgan fingerprint density at radius 2 is 2.04 bits per heavy atom. The maximum atomic E-state index is 12.7. The summed E-state index contributed by atoms with van der Waals surface area (Å²) in [5.41, 5.74) is 3.08. The molecule has 1 aliphatic rings. The van der Waals surface area contributed by atoms with Crippen molar-refractivity contribution in [2.75, 3.05) is 12.4 Å². The number of carbonyl (C=O) groups excluding carboxylic acids is 1. The molecule has 4 rings (SSSR count). The average Bonchev–Trinajstić information content (AvgIpc) is 3.04. The summed E-state index contributed by atoms with van der Waals surface area (Å²) in [7, 11) is 1.63. The standard InChI is InChI=1S/C21H24N4O3/c1-13-12-15(7-10-18(13)28-2)23-20(26)14-5-8-16(9-6-14)25-17-4-3-11-22-19(17)24-21(25)27/h3-4,7,10-12,14,16H,5-6,8-9H2,1-2H3,(H,23,26)(H,22,24,27)/t14-,16+. The van der Waals surface area contributed by atoms with Crippen LogP contribution in [0.5, 0.6) is 5.75 Å². The van der Waals surface area contributed by atoms with Gasteiger partial charge in [-0.25, -0.2) is 9.78 Å². The van der Waals surface area contributed by atoms with Crippen LogP contribution in [-0.2, 0) is 4.79 Å². The van der Waals surface area contributed by atoms with E-state index >= 15 is 0 Å². The van der Waals surface area contributed by atoms with E-state index in [4.69, 9.17) is 4.74 Å². The van der Waals surface area contributed by atoms with Crippen LogP contribution in [-0.4, -0.2) is 27.6 Å². The first-order valence-corrected chi connectivity index (χ1v) is 9.57. The van der Waals surface area contributed by atoms with Crippen molar-refractivity contribution in [2.45, 2.75) is 38.6 Å². The van der Waals surface area contributed by atoms with Gasteiger partial charge >= 0.3 is 5.69 Å². The van der Waals surface area contributed by atoms with Crippen LogP contribution in [0.1, 0.15) is 37.3 Å². The first kappa shape index (κ1) is 18.3. The number of H-pyrrole nitrogens is 1. The molecule has 2 aromatic heterocycles. The smallest absolute Gasteiger partial charge is 0.327 e. The van der Waals surface area contributed by atoms with Gasteiger partial charge in [0.15, 0.2) is 5.65 Å². The summed E-state index contributed by atoms with van der Waals surface area (Å²) in [4.78, 5) is 32.1. The summed E-state index contributed by atoms with van der Waals surface area (Å²) in [6.07, 6.45) is 4.77. The average molecular weight is 380 g/mol. The summed E-state index contributed by atoms with van der Waals surface area (Å²) in [6.45, 7) is 1.95. The summed E-state index contributed by atoms with van der Waals surface area (Å²) < 4.78 is 7.06. The van der Waals surface area contributed by atoms with Gasteiger partial charge in [0, 0.05) is 23.8 Å². The summed E-state index contributed by atoms with van der Waals surface area (Å²) >= 11 is 0. The predicted molar refractivity (Wildman–Crippen MR) is 108 cm³/mol. The van der Waals surface area contributed by atoms with Crippen molar-refractivity contribution in [3.05, 3.63) is 52.6 Å². The normalized spacial score (nSPS) is 19.5. The predicted octanol–water partition coefficient (Wildman–Crippen LogP) is 3.41. The van der Waals surface area contributed by atoms with E-state index < -0.39 is 0 Å². The van der Waals surface area contributed by atoms with Gasteiger partial charge in [-0.3, -0.25) is 14.3 Å². The number of benzene rings is 1. The van der Waals surface area contributed by atoms with Crippen molar-refractivity contribution >= 4 is 22.8 Å². The number of aromatic amines is 1. The van der Waals surface area contributed by atoms with Gasteiger partial charge in [-0.1, -0.05) is 0 Å². The van der Waals surface area contributed by atoms with Crippen LogP contribution in [0.2, 0.25) is 0 Å². The third kappa shape index (κ3) is 3.40. The fraction of sp³-hybridized carbons (Fsp3) is 0.381. The van der Waals surface area contributed by atoms with Gasteiger partial charge in [-0.15, -0.1) is 0 Å². The molecule has 7 nitrogen and oxygen atoms in total. The minimum Gasteiger partial charge on any atom is -0.496 e. The Morgan fingerprint density at radius 1 is 1.25 bits per heavy atom. The van der Waals surface area contributed by atoms with Gasteiger partial charge in [-0.05, 0) is 68.5 Å². The Bertz CT molecular complexity index is 1060. The minimum absolute atomic E-state index is 0.0379. The summed E-state index contributed by atoms with van der Waals surface area (Å²) in [6, 6.07) is 9.47. The number of carbonyl (C=O) groups is 1. The quantitative estimate of drug-likeness (QED) is 0.726. The maximum absolute atomic E-state index is 12.7. The maximum Gasteiger partial charge on any atom is 0.327 e. The van der Waals surface area contributed by atoms with Crippen LogP contribution in [0.3, 0.4) is 0 Å². The number of hydrogen-bond acceptors (Lipinski definition) is 4. The molecule has 146 valence electrons. The number of aromatic nitrogens is 3. The van der Waals surface area contributed by atoms with E-state index in [-0.39, 0.29) is 23.6 Å². The van der Waals surface area contributed by atoms with Gasteiger partial charge in [0.2, 0.25) is 5.91 Å². The highest BCUT2D eigenvalue weighted by Crippen LogP contribution is 2.33. The van der Waals surface area contributed by atoms with E-state index in [9.17, 15) is 9.59 Å². The van der Waals surface area contributed by atoms with Gasteiger partial charge < -0.3 is 10.1 Å². The molecule has 1 aliphatic carbocycles. The lowest BCUT2D eigenvalue weighted by molar-refractivity contribution is -0.121. The minimum atomic E-state index is -0.129. The molecule has 0 saturated heterocycles. The lowest BCUT2D eigenvalue weighted by atomic mass is 9.85. The first-order valence-electron chi connectivity index (χ1n) is 9.57. The van der Waals surface area contributed by atoms with Gasteiger partial charge in [-0.2, -0.15) is 0 Å². The highest BCUT2D eigenvalue weighted by atomic mass is 16.5. The number of ether oxygens (including phenoxy) is 1. The first-order chi connectivity index (χ1) is 13.6. The molecule has 1 saturated carbocycles. The SMILES string of the molecule is COc1ccc(NC(=O)[C@H]2CC[C@@H](n3c(=O)[nH]c4ncccc43)CC2)cc1C. The fourth-order valence-electron chi connectivity index (χ4n) is 4.12. The lowest BCUT2D eigenvalue weighted by Gasteiger charge is -2.28. The van der Waals surface area contributed by atoms with E-state index in [1.807, 2.05) is 37.3 Å². The molecular weight excluding hydrogens is 356 g/mol. The van der Waals surface area contributed by atoms with E-state index in [0.717, 1.165) is 48.2 Å². The van der Waals surface area contributed by atoms with Crippen LogP contribution in [0, 0.1) is 12.8 Å². The number of methoxy groups -OCH3 is 1. The Balaban J connectivity index is 1.42. The highest BCUT2D eigenvalue weighted by Gasteiger charge is 2.29. The zero-order chi connectivity index (χ0) is 19.7. The molecule has 1 amide bonds. The Kier molecular flexibility index (Phi) is 4.90. The molecule has 1 aromatic carbocycles. The molecule has 2 heterocycles. The second-order valence-electron chi connectivity index (χ2n) is 7.35. The van der Waals surface area contributed by atoms with E-state index in [0.29, 0.717) is 5.65 Å². The summed E-state index contributed by atoms with van der Waals surface area (Å²) in [5.74, 6) is 0.797. The largest absolute Gasteiger partial charge is 0.496 e. The third-order valence-corrected chi connectivity index (χ3v) is 5.59. The number of amides is 1. The Morgan fingerprint density at radius 3 is 2.75 bits per heavy atom. The van der Waals surface area contributed by atoms with E-state index in [1.54, 1.807) is 17.9 Å². The van der Waals surface area contributed by atoms with Crippen molar-refractivity contribution in [1.82, 2.24) is 14.5 Å². The second-order valence-corrected chi connectivity index (χ2v) is 7.35. The van der Waals surface area contributed by atoms with E-state index in [2.05, 4.69) is 15.3 Å². The van der Waals surface area contributed by atoms with Crippen LogP contribution in [0.15, 0.2) is 41.3 Å². The van der Waals surface area contributed by atoms with Gasteiger partial charge in [0.25, 0.3) is 0 Å². The molecule has 28 heavy (non-hydrogen) atoms. The van der Waals surface area contributed by atoms with Crippen LogP contribution >= 0.6 is 0 Å². The molecule has 0 spiro atoms. The van der Waals surface area contributed by atoms with Crippen LogP contribution in [0.4, 0.5) is 5.69 Å². The number of aryl methyl sites for hydroxylation is 1. The number of rotatable bonds is 4. The molecule has 0 bridgehead atoms. The van der Waals surface area contributed by atoms with Crippen molar-refractivity contribution in [3.63, 3.8) is 0 Å². The highest BCUT2D eigenvalue weighted by molar-refractivity contribution is 5.92. The van der Waals surface area contributed by atoms with E-state index in [1.165, 1.54) is 0 Å². The van der Waals surface area contributed by atoms with Crippen molar-refractivity contribution in [1.29, 1.82) is 0 Å². The third-order valence-electron chi connectivity index (χ3n) is 5.59. The molecule has 0 aliphatic heterocycles. The molecule has 1 fully saturated rings. The second kappa shape index (κ2) is 7.50. The molecule has 2 N–H and O–H groups in total. The number of nitrogens with zero attached hydrogens (tertiary/aromatic N) is 2. The van der Waals surface area contributed by atoms with Gasteiger partial charge in [0.05, 0.1) is 12.6 Å². The number of nitrogens with one attached hydrogen (secondary N) is 2. The van der Waals surface area contributed by atoms with Crippen molar-refractivity contribution < 1.29 is 9.53 Å². The molecular formula is C21H24N4O3. The van der Waals surface area contributed by atoms with Gasteiger partial charge in [0.1, 0.15) is 5.75 Å². The Labute approximate surface area is 162 Å². The number of imidazole rings is 1. The Hall–Kier alpha value is -3.09. The topological polar surface area (TPSA) is 89.0 Å². The monoisotopic (exact) mass is 380 g/mol. The van der Waals surface area contributed by atoms with Crippen molar-refractivity contribution in [3.8, 4) is 5.75 Å². The fourth-order valence-corrected chi connectivity index (χ4v) is 4.12. The molecule has 0 radical (unpaired) electrons. The van der Waals surface area contributed by atoms with Crippen LogP contribution < -0.4 is 15.7 Å². The number of pyridine rings is 1. The van der Waals surface area contributed by atoms with Crippen LogP contribution in [0.25, 0.3) is 11.2 Å². The number of anilines is 1. The molecule has 7 heteroatoms. The zero-order valence-electron chi connectivity index (χ0n) is 16.1. The summed E-state index contributed by atoms with van der Waals surface area (Å²) in [5, 5.41) is 3.02. The number of hydrogen-bond donors (Lipinski definition) is 2. The lowest BCUT2D eigenvalue weighted by Crippen LogP contribution is -2.31. The zero-order valence-corrected chi connectivity index (χ0v) is 16.1. The number of fused-ring (bicyclic) bond motifs is 1. The molecule has 0 atom stereocenters. The molecule has 0 unspecified atom stereocenters. The molecule has 3 aromatic rings.